The summed E-state index contributed by atoms with van der Waals surface area (Å²) in [6.45, 7) is 4.21. The van der Waals surface area contributed by atoms with Crippen LogP contribution in [0, 0.1) is 5.92 Å². The second-order valence-corrected chi connectivity index (χ2v) is 3.17. The van der Waals surface area contributed by atoms with Crippen LogP contribution >= 0.6 is 0 Å². The Balaban J connectivity index is 2.31. The van der Waals surface area contributed by atoms with Crippen molar-refractivity contribution in [1.82, 2.24) is 4.90 Å². The number of rotatable bonds is 2. The zero-order valence-corrected chi connectivity index (χ0v) is 7.17. The van der Waals surface area contributed by atoms with E-state index >= 15 is 0 Å². The smallest absolute Gasteiger partial charge is 0.248 e. The lowest BCUT2D eigenvalue weighted by Gasteiger charge is -2.14. The maximum absolute atomic E-state index is 11.2. The van der Waals surface area contributed by atoms with Crippen LogP contribution in [0.3, 0.4) is 0 Å². The van der Waals surface area contributed by atoms with E-state index in [4.69, 9.17) is 4.74 Å². The van der Waals surface area contributed by atoms with Gasteiger partial charge in [0.25, 0.3) is 0 Å². The van der Waals surface area contributed by atoms with E-state index in [1.807, 2.05) is 4.90 Å². The van der Waals surface area contributed by atoms with Crippen molar-refractivity contribution < 1.29 is 9.53 Å². The summed E-state index contributed by atoms with van der Waals surface area (Å²) < 4.78 is 4.76. The van der Waals surface area contributed by atoms with Crippen LogP contribution in [-0.4, -0.2) is 37.6 Å². The van der Waals surface area contributed by atoms with Crippen LogP contribution in [0.25, 0.3) is 0 Å². The lowest BCUT2D eigenvalue weighted by atomic mass is 10.2. The molecule has 1 fully saturated rings. The normalized spacial score (nSPS) is 24.2. The maximum Gasteiger partial charge on any atom is 0.248 e. The Kier molecular flexibility index (Phi) is 2.88. The fraction of sp³-hybridized carbons (Fsp3) is 0.875. The zero-order chi connectivity index (χ0) is 8.27. The van der Waals surface area contributed by atoms with Crippen molar-refractivity contribution in [3.63, 3.8) is 0 Å². The molecule has 0 N–H and O–H groups in total. The van der Waals surface area contributed by atoms with Crippen molar-refractivity contribution >= 4 is 5.91 Å². The first-order valence-electron chi connectivity index (χ1n) is 4.00. The number of hydrogen-bond acceptors (Lipinski definition) is 2. The first-order valence-corrected chi connectivity index (χ1v) is 4.00. The number of carbonyl (C=O) groups excluding carboxylic acids is 1. The van der Waals surface area contributed by atoms with Crippen molar-refractivity contribution in [2.45, 2.75) is 13.3 Å². The molecule has 11 heavy (non-hydrogen) atoms. The SMILES string of the molecule is COCC(=O)N1CCC(C)C1. The van der Waals surface area contributed by atoms with E-state index in [9.17, 15) is 4.79 Å². The molecule has 0 saturated carbocycles. The highest BCUT2D eigenvalue weighted by Crippen LogP contribution is 2.14. The van der Waals surface area contributed by atoms with Gasteiger partial charge in [0.2, 0.25) is 5.91 Å². The van der Waals surface area contributed by atoms with Crippen molar-refractivity contribution in [1.29, 1.82) is 0 Å². The van der Waals surface area contributed by atoms with E-state index in [1.165, 1.54) is 0 Å². The minimum absolute atomic E-state index is 0.122. The van der Waals surface area contributed by atoms with E-state index in [1.54, 1.807) is 7.11 Å². The van der Waals surface area contributed by atoms with Gasteiger partial charge in [0.15, 0.2) is 0 Å². The van der Waals surface area contributed by atoms with Gasteiger partial charge in [-0.3, -0.25) is 4.79 Å². The molecule has 0 radical (unpaired) electrons. The fourth-order valence-electron chi connectivity index (χ4n) is 1.38. The molecule has 3 heteroatoms. The van der Waals surface area contributed by atoms with E-state index in [0.29, 0.717) is 5.92 Å². The highest BCUT2D eigenvalue weighted by atomic mass is 16.5. The fourth-order valence-corrected chi connectivity index (χ4v) is 1.38. The van der Waals surface area contributed by atoms with E-state index in [-0.39, 0.29) is 12.5 Å². The molecule has 0 aromatic heterocycles. The van der Waals surface area contributed by atoms with Crippen LogP contribution in [0.15, 0.2) is 0 Å². The van der Waals surface area contributed by atoms with Crippen LogP contribution < -0.4 is 0 Å². The summed E-state index contributed by atoms with van der Waals surface area (Å²) in [6, 6.07) is 0. The van der Waals surface area contributed by atoms with Crippen molar-refractivity contribution in [2.24, 2.45) is 5.92 Å². The first-order chi connectivity index (χ1) is 5.24. The molecule has 1 atom stereocenters. The Labute approximate surface area is 67.3 Å². The molecule has 1 aliphatic rings. The largest absolute Gasteiger partial charge is 0.375 e. The van der Waals surface area contributed by atoms with Gasteiger partial charge in [0, 0.05) is 20.2 Å². The quantitative estimate of drug-likeness (QED) is 0.584. The summed E-state index contributed by atoms with van der Waals surface area (Å²) in [7, 11) is 1.55. The molecular weight excluding hydrogens is 142 g/mol. The highest BCUT2D eigenvalue weighted by molar-refractivity contribution is 5.77. The molecule has 0 bridgehead atoms. The van der Waals surface area contributed by atoms with Gasteiger partial charge in [-0.1, -0.05) is 6.92 Å². The Bertz CT molecular complexity index is 147. The van der Waals surface area contributed by atoms with Gasteiger partial charge < -0.3 is 9.64 Å². The highest BCUT2D eigenvalue weighted by Gasteiger charge is 2.22. The monoisotopic (exact) mass is 157 g/mol. The first kappa shape index (κ1) is 8.53. The topological polar surface area (TPSA) is 29.5 Å². The lowest BCUT2D eigenvalue weighted by Crippen LogP contribution is -2.31. The average molecular weight is 157 g/mol. The summed E-state index contributed by atoms with van der Waals surface area (Å²) in [5.41, 5.74) is 0. The molecule has 0 spiro atoms. The molecule has 64 valence electrons. The van der Waals surface area contributed by atoms with Gasteiger partial charge in [-0.2, -0.15) is 0 Å². The summed E-state index contributed by atoms with van der Waals surface area (Å²) >= 11 is 0. The molecular formula is C8H15NO2. The molecule has 1 heterocycles. The Hall–Kier alpha value is -0.570. The number of carbonyl (C=O) groups is 1. The standard InChI is InChI=1S/C8H15NO2/c1-7-3-4-9(5-7)8(10)6-11-2/h7H,3-6H2,1-2H3. The van der Waals surface area contributed by atoms with Crippen molar-refractivity contribution in [2.75, 3.05) is 26.8 Å². The van der Waals surface area contributed by atoms with Gasteiger partial charge in [-0.25, -0.2) is 0 Å². The van der Waals surface area contributed by atoms with E-state index < -0.39 is 0 Å². The van der Waals surface area contributed by atoms with Gasteiger partial charge in [0.05, 0.1) is 0 Å². The number of hydrogen-bond donors (Lipinski definition) is 0. The molecule has 3 nitrogen and oxygen atoms in total. The second kappa shape index (κ2) is 3.72. The van der Waals surface area contributed by atoms with Gasteiger partial charge in [0.1, 0.15) is 6.61 Å². The number of nitrogens with zero attached hydrogens (tertiary/aromatic N) is 1. The minimum atomic E-state index is 0.122. The van der Waals surface area contributed by atoms with Crippen molar-refractivity contribution in [3.8, 4) is 0 Å². The average Bonchev–Trinajstić information content (AvgIpc) is 2.36. The molecule has 1 saturated heterocycles. The molecule has 1 aliphatic heterocycles. The van der Waals surface area contributed by atoms with Gasteiger partial charge >= 0.3 is 0 Å². The Morgan fingerprint density at radius 2 is 2.45 bits per heavy atom. The molecule has 1 rings (SSSR count). The third-order valence-electron chi connectivity index (χ3n) is 2.04. The molecule has 1 unspecified atom stereocenters. The minimum Gasteiger partial charge on any atom is -0.375 e. The summed E-state index contributed by atoms with van der Waals surface area (Å²) in [5, 5.41) is 0. The molecule has 1 amide bonds. The van der Waals surface area contributed by atoms with Gasteiger partial charge in [-0.15, -0.1) is 0 Å². The third-order valence-corrected chi connectivity index (χ3v) is 2.04. The molecule has 0 aliphatic carbocycles. The predicted molar refractivity (Wildman–Crippen MR) is 42.2 cm³/mol. The number of methoxy groups -OCH3 is 1. The second-order valence-electron chi connectivity index (χ2n) is 3.17. The van der Waals surface area contributed by atoms with Crippen LogP contribution in [0.1, 0.15) is 13.3 Å². The predicted octanol–water partition coefficient (Wildman–Crippen LogP) is 0.501. The van der Waals surface area contributed by atoms with Crippen LogP contribution in [0.4, 0.5) is 0 Å². The van der Waals surface area contributed by atoms with Crippen molar-refractivity contribution in [3.05, 3.63) is 0 Å². The van der Waals surface area contributed by atoms with E-state index in [2.05, 4.69) is 6.92 Å². The maximum atomic E-state index is 11.2. The number of ether oxygens (including phenoxy) is 1. The van der Waals surface area contributed by atoms with Gasteiger partial charge in [-0.05, 0) is 12.3 Å². The molecule has 0 aromatic rings. The summed E-state index contributed by atoms with van der Waals surface area (Å²) in [4.78, 5) is 13.1. The molecule has 0 aromatic carbocycles. The third kappa shape index (κ3) is 2.19. The summed E-state index contributed by atoms with van der Waals surface area (Å²) in [6.07, 6.45) is 1.13. The number of amides is 1. The lowest BCUT2D eigenvalue weighted by molar-refractivity contribution is -0.134. The number of likely N-dealkylation sites (tertiary alicyclic amines) is 1. The van der Waals surface area contributed by atoms with E-state index in [0.717, 1.165) is 19.5 Å². The van der Waals surface area contributed by atoms with Crippen LogP contribution in [0.2, 0.25) is 0 Å². The van der Waals surface area contributed by atoms with Crippen LogP contribution in [0.5, 0.6) is 0 Å². The Morgan fingerprint density at radius 1 is 1.73 bits per heavy atom. The van der Waals surface area contributed by atoms with Crippen LogP contribution in [-0.2, 0) is 9.53 Å². The summed E-state index contributed by atoms with van der Waals surface area (Å²) in [5.74, 6) is 0.785. The zero-order valence-electron chi connectivity index (χ0n) is 7.17. The Morgan fingerprint density at radius 3 is 2.91 bits per heavy atom.